The van der Waals surface area contributed by atoms with Gasteiger partial charge in [-0.25, -0.2) is 14.4 Å². The molecule has 0 saturated carbocycles. The molecule has 3 unspecified atom stereocenters. The van der Waals surface area contributed by atoms with Crippen LogP contribution < -0.4 is 11.1 Å². The number of terminal acetylenes is 1. The monoisotopic (exact) mass is 1090 g/mol. The summed E-state index contributed by atoms with van der Waals surface area (Å²) in [7, 11) is 7.58. The third-order valence-corrected chi connectivity index (χ3v) is 14.6. The normalized spacial score (nSPS) is 32.3. The van der Waals surface area contributed by atoms with Crippen LogP contribution in [0.5, 0.6) is 0 Å². The van der Waals surface area contributed by atoms with Crippen LogP contribution in [-0.4, -0.2) is 167 Å². The first-order valence-corrected chi connectivity index (χ1v) is 26.8. The molecule has 3 saturated heterocycles. The van der Waals surface area contributed by atoms with E-state index >= 15 is 0 Å². The van der Waals surface area contributed by atoms with Crippen LogP contribution in [0.4, 0.5) is 10.3 Å². The minimum Gasteiger partial charge on any atom is -0.459 e. The SMILES string of the molecule is C#C.CC[C@H]1OC(=O)[C@H](C)C[C@H](C)C[C@](C)(OC)C[C@@H](C)/C(=N/OC)[C@H](C)C(O)[C@]1(C)O.CO.CO[C@H](c1ccc(-c2cnc(N)nc2)cc1)C(CF)NC(=O)CCN(C)[C@@H]1CC(O)O[C@H](C)C1.C[C@@H]1C[C@H](C)O[C@@H](O)C1. The second kappa shape index (κ2) is 35.3. The van der Waals surface area contributed by atoms with Crippen molar-refractivity contribution in [1.82, 2.24) is 20.2 Å². The van der Waals surface area contributed by atoms with Crippen molar-refractivity contribution in [3.8, 4) is 24.0 Å². The largest absolute Gasteiger partial charge is 0.459 e. The van der Waals surface area contributed by atoms with Gasteiger partial charge in [0.15, 0.2) is 12.6 Å². The fourth-order valence-corrected chi connectivity index (χ4v) is 10.6. The summed E-state index contributed by atoms with van der Waals surface area (Å²) < 4.78 is 41.5. The molecule has 20 heteroatoms. The van der Waals surface area contributed by atoms with Crippen LogP contribution in [-0.2, 0) is 38.1 Å². The molecule has 16 atom stereocenters. The van der Waals surface area contributed by atoms with Gasteiger partial charge in [-0.3, -0.25) is 9.59 Å². The number of cyclic esters (lactones) is 1. The third kappa shape index (κ3) is 23.1. The molecule has 3 aliphatic rings. The molecule has 0 radical (unpaired) electrons. The number of nitrogens with zero attached hydrogens (tertiary/aromatic N) is 4. The maximum Gasteiger partial charge on any atom is 0.309 e. The van der Waals surface area contributed by atoms with Gasteiger partial charge in [-0.05, 0) is 96.2 Å². The van der Waals surface area contributed by atoms with Gasteiger partial charge in [0, 0.05) is 83.0 Å². The average Bonchev–Trinajstić information content (AvgIpc) is 3.38. The zero-order chi connectivity index (χ0) is 58.8. The van der Waals surface area contributed by atoms with Gasteiger partial charge < -0.3 is 70.0 Å². The molecule has 0 bridgehead atoms. The van der Waals surface area contributed by atoms with E-state index in [4.69, 9.17) is 44.5 Å². The fourth-order valence-electron chi connectivity index (χ4n) is 10.6. The fraction of sp³-hybridized carbons (Fsp3) is 0.737. The van der Waals surface area contributed by atoms with Gasteiger partial charge in [0.2, 0.25) is 11.9 Å². The van der Waals surface area contributed by atoms with Crippen LogP contribution >= 0.6 is 0 Å². The van der Waals surface area contributed by atoms with E-state index in [9.17, 15) is 29.3 Å². The number of benzene rings is 1. The Hall–Kier alpha value is -4.40. The Bertz CT molecular complexity index is 1980. The van der Waals surface area contributed by atoms with Crippen molar-refractivity contribution in [2.45, 2.75) is 193 Å². The highest BCUT2D eigenvalue weighted by Crippen LogP contribution is 2.36. The zero-order valence-electron chi connectivity index (χ0n) is 48.7. The van der Waals surface area contributed by atoms with E-state index in [0.29, 0.717) is 43.9 Å². The number of carbonyl (C=O) groups excluding carboxylic acids is 2. The molecular weight excluding hydrogens is 996 g/mol. The van der Waals surface area contributed by atoms with Crippen molar-refractivity contribution in [2.24, 2.45) is 34.7 Å². The topological polar surface area (TPSA) is 270 Å². The Balaban J connectivity index is 0.000000629. The molecule has 5 rings (SSSR count). The van der Waals surface area contributed by atoms with Gasteiger partial charge in [-0.2, -0.15) is 0 Å². The maximum atomic E-state index is 13.9. The molecule has 4 heterocycles. The molecule has 77 heavy (non-hydrogen) atoms. The van der Waals surface area contributed by atoms with E-state index in [1.807, 2.05) is 77.8 Å². The summed E-state index contributed by atoms with van der Waals surface area (Å²) in [6.07, 6.45) is 13.4. The first kappa shape index (κ1) is 70.6. The predicted molar refractivity (Wildman–Crippen MR) is 297 cm³/mol. The summed E-state index contributed by atoms with van der Waals surface area (Å²) in [6.45, 7) is 19.0. The van der Waals surface area contributed by atoms with E-state index < -0.39 is 60.7 Å². The number of carbonyl (C=O) groups is 2. The van der Waals surface area contributed by atoms with Crippen LogP contribution in [0.3, 0.4) is 0 Å². The van der Waals surface area contributed by atoms with Gasteiger partial charge >= 0.3 is 5.97 Å². The van der Waals surface area contributed by atoms with Crippen molar-refractivity contribution in [1.29, 1.82) is 0 Å². The standard InChI is InChI=1S/C24H34FN5O4.C23H43NO6.C7H14O2.C2H2.CH4O/c1-15-10-19(11-22(32)34-15)30(2)9-8-21(31)29-20(12-25)23(33-3)17-6-4-16(5-7-17)18-13-27-24(26)28-14-18;1-10-18-23(7,27)20(25)17(5)19(24-29-9)16(4)13-22(6,28-8)12-14(2)11-15(3)21(26)30-18;1-5-3-6(2)9-7(8)4-5;2*1-2/h4-7,13-15,19-20,22-23,32H,8-12H2,1-3H3,(H,29,31)(H2,26,27,28);14-18,20,25,27H,10-13H2,1-9H3;5-8H,3-4H2,1-2H3;1-2H;2H,1H3/b;24-19-;;;/t15-,19+,20?,22?,23-;14-,15+,16+,17-,18+,20?,22-,23+;5-,6+,7-;;/m101../s1. The number of esters is 1. The molecule has 3 fully saturated rings. The van der Waals surface area contributed by atoms with Crippen LogP contribution in [0.2, 0.25) is 0 Å². The maximum absolute atomic E-state index is 13.9. The van der Waals surface area contributed by atoms with Crippen molar-refractivity contribution in [3.63, 3.8) is 0 Å². The van der Waals surface area contributed by atoms with Gasteiger partial charge in [0.05, 0.1) is 41.6 Å². The lowest BCUT2D eigenvalue weighted by Crippen LogP contribution is -2.56. The highest BCUT2D eigenvalue weighted by atomic mass is 19.1. The van der Waals surface area contributed by atoms with Crippen molar-refractivity contribution in [3.05, 3.63) is 42.2 Å². The number of alkyl halides is 1. The lowest BCUT2D eigenvalue weighted by molar-refractivity contribution is -0.186. The smallest absolute Gasteiger partial charge is 0.309 e. The Morgan fingerprint density at radius 3 is 1.95 bits per heavy atom. The first-order chi connectivity index (χ1) is 36.3. The number of oxime groups is 1. The summed E-state index contributed by atoms with van der Waals surface area (Å²) in [4.78, 5) is 40.4. The van der Waals surface area contributed by atoms with E-state index in [-0.39, 0.29) is 60.2 Å². The molecule has 440 valence electrons. The molecule has 8 N–H and O–H groups in total. The summed E-state index contributed by atoms with van der Waals surface area (Å²) in [6, 6.07) is 6.70. The number of anilines is 1. The van der Waals surface area contributed by atoms with Crippen LogP contribution in [0.25, 0.3) is 11.1 Å². The average molecular weight is 1090 g/mol. The number of aliphatic hydroxyl groups is 5. The van der Waals surface area contributed by atoms with Gasteiger partial charge in [-0.15, -0.1) is 12.8 Å². The Labute approximate surface area is 459 Å². The minimum atomic E-state index is -1.64. The summed E-state index contributed by atoms with van der Waals surface area (Å²) in [5.41, 5.74) is 6.54. The van der Waals surface area contributed by atoms with Crippen molar-refractivity contribution in [2.75, 3.05) is 54.4 Å². The number of amides is 1. The molecule has 1 aromatic carbocycles. The van der Waals surface area contributed by atoms with Crippen LogP contribution in [0, 0.1) is 42.4 Å². The van der Waals surface area contributed by atoms with Crippen LogP contribution in [0.15, 0.2) is 41.8 Å². The second-order valence-corrected chi connectivity index (χ2v) is 21.4. The van der Waals surface area contributed by atoms with Gasteiger partial charge in [0.1, 0.15) is 31.6 Å². The summed E-state index contributed by atoms with van der Waals surface area (Å²) in [5, 5.41) is 55.1. The Kier molecular flexibility index (Phi) is 32.3. The lowest BCUT2D eigenvalue weighted by Gasteiger charge is -2.41. The molecule has 1 aromatic heterocycles. The number of nitrogens with two attached hydrogens (primary N) is 1. The number of aromatic nitrogens is 2. The number of rotatable bonds is 13. The van der Waals surface area contributed by atoms with E-state index in [2.05, 4.69) is 54.1 Å². The quantitative estimate of drug-likeness (QED) is 0.0630. The number of aliphatic hydroxyl groups excluding tert-OH is 4. The van der Waals surface area contributed by atoms with E-state index in [0.717, 1.165) is 49.5 Å². The van der Waals surface area contributed by atoms with Crippen molar-refractivity contribution >= 4 is 23.5 Å². The van der Waals surface area contributed by atoms with E-state index in [1.165, 1.54) is 21.1 Å². The number of methoxy groups -OCH3 is 2. The lowest BCUT2D eigenvalue weighted by atomic mass is 9.75. The third-order valence-electron chi connectivity index (χ3n) is 14.6. The summed E-state index contributed by atoms with van der Waals surface area (Å²) in [5.74, 6) is -0.439. The van der Waals surface area contributed by atoms with E-state index in [1.54, 1.807) is 19.5 Å². The highest BCUT2D eigenvalue weighted by Gasteiger charge is 2.46. The number of hydrogen-bond acceptors (Lipinski definition) is 18. The van der Waals surface area contributed by atoms with Crippen molar-refractivity contribution < 1.29 is 68.0 Å². The molecule has 19 nitrogen and oxygen atoms in total. The predicted octanol–water partition coefficient (Wildman–Crippen LogP) is 6.63. The minimum absolute atomic E-state index is 0.0395. The Morgan fingerprint density at radius 1 is 0.883 bits per heavy atom. The molecular formula is C57H97FN6O13. The number of nitrogen functional groups attached to an aromatic ring is 1. The number of hydrogen-bond donors (Lipinski definition) is 7. The number of ether oxygens (including phenoxy) is 5. The summed E-state index contributed by atoms with van der Waals surface area (Å²) >= 11 is 0. The number of halogens is 1. The first-order valence-electron chi connectivity index (χ1n) is 26.8. The highest BCUT2D eigenvalue weighted by molar-refractivity contribution is 5.88. The van der Waals surface area contributed by atoms with Crippen LogP contribution in [0.1, 0.15) is 139 Å². The zero-order valence-corrected chi connectivity index (χ0v) is 48.7. The molecule has 0 aliphatic carbocycles. The molecule has 1 amide bonds. The molecule has 2 aromatic rings. The Morgan fingerprint density at radius 2 is 1.45 bits per heavy atom. The second-order valence-electron chi connectivity index (χ2n) is 21.4. The molecule has 3 aliphatic heterocycles. The van der Waals surface area contributed by atoms with Gasteiger partial charge in [0.25, 0.3) is 0 Å². The number of nitrogens with one attached hydrogen (secondary N) is 1. The van der Waals surface area contributed by atoms with Gasteiger partial charge in [-0.1, -0.05) is 71.0 Å². The molecule has 0 spiro atoms.